The average molecular weight is 323 g/mol. The van der Waals surface area contributed by atoms with Crippen LogP contribution in [0.4, 0.5) is 10.5 Å². The number of hydrogen-bond donors (Lipinski definition) is 2. The zero-order chi connectivity index (χ0) is 17.8. The van der Waals surface area contributed by atoms with E-state index >= 15 is 0 Å². The molecular weight excluding hydrogens is 298 g/mol. The molecule has 0 aromatic heterocycles. The Balaban J connectivity index is 3.01. The maximum atomic E-state index is 11.9. The number of carboxylic acid groups (broad SMARTS) is 1. The highest BCUT2D eigenvalue weighted by atomic mass is 16.6. The lowest BCUT2D eigenvalue weighted by Crippen LogP contribution is -2.27. The Hall–Kier alpha value is -2.24. The van der Waals surface area contributed by atoms with E-state index in [1.165, 1.54) is 7.11 Å². The first-order chi connectivity index (χ1) is 10.4. The molecule has 0 saturated carbocycles. The lowest BCUT2D eigenvalue weighted by molar-refractivity contribution is -0.138. The predicted molar refractivity (Wildman–Crippen MR) is 88.1 cm³/mol. The summed E-state index contributed by atoms with van der Waals surface area (Å²) >= 11 is 0. The van der Waals surface area contributed by atoms with Crippen LogP contribution >= 0.6 is 0 Å². The van der Waals surface area contributed by atoms with Crippen molar-refractivity contribution >= 4 is 17.7 Å². The van der Waals surface area contributed by atoms with Crippen LogP contribution in [0, 0.1) is 0 Å². The molecule has 0 fully saturated rings. The molecule has 0 bridgehead atoms. The molecule has 0 atom stereocenters. The SMILES string of the molecule is COc1cc(C(C)(C)CC(=O)O)ccc1NC(=O)OC(C)(C)C. The van der Waals surface area contributed by atoms with E-state index in [0.29, 0.717) is 11.4 Å². The minimum atomic E-state index is -0.870. The normalized spacial score (nSPS) is 11.7. The highest BCUT2D eigenvalue weighted by Crippen LogP contribution is 2.34. The van der Waals surface area contributed by atoms with Gasteiger partial charge in [-0.05, 0) is 38.5 Å². The summed E-state index contributed by atoms with van der Waals surface area (Å²) in [6.45, 7) is 9.03. The van der Waals surface area contributed by atoms with Crippen molar-refractivity contribution in [1.29, 1.82) is 0 Å². The van der Waals surface area contributed by atoms with Gasteiger partial charge in [0.2, 0.25) is 0 Å². The highest BCUT2D eigenvalue weighted by Gasteiger charge is 2.25. The third kappa shape index (κ3) is 5.81. The number of carbonyl (C=O) groups excluding carboxylic acids is 1. The second-order valence-electron chi connectivity index (χ2n) is 7.00. The van der Waals surface area contributed by atoms with Crippen molar-refractivity contribution in [3.63, 3.8) is 0 Å². The molecule has 0 aliphatic heterocycles. The monoisotopic (exact) mass is 323 g/mol. The van der Waals surface area contributed by atoms with E-state index in [1.54, 1.807) is 39.0 Å². The molecule has 1 amide bonds. The van der Waals surface area contributed by atoms with E-state index < -0.39 is 23.1 Å². The van der Waals surface area contributed by atoms with E-state index in [2.05, 4.69) is 5.32 Å². The van der Waals surface area contributed by atoms with Crippen LogP contribution in [-0.4, -0.2) is 29.9 Å². The van der Waals surface area contributed by atoms with Crippen LogP contribution in [0.3, 0.4) is 0 Å². The van der Waals surface area contributed by atoms with E-state index in [0.717, 1.165) is 5.56 Å². The second kappa shape index (κ2) is 6.89. The standard InChI is InChI=1S/C17H25NO5/c1-16(2,3)23-15(21)18-12-8-7-11(9-13(12)22-6)17(4,5)10-14(19)20/h7-9H,10H2,1-6H3,(H,18,21)(H,19,20). The molecule has 0 unspecified atom stereocenters. The molecular formula is C17H25NO5. The largest absolute Gasteiger partial charge is 0.495 e. The van der Waals surface area contributed by atoms with Crippen LogP contribution in [0.5, 0.6) is 5.75 Å². The third-order valence-electron chi connectivity index (χ3n) is 3.21. The molecule has 0 aliphatic rings. The summed E-state index contributed by atoms with van der Waals surface area (Å²) < 4.78 is 10.5. The van der Waals surface area contributed by atoms with Gasteiger partial charge in [0.15, 0.2) is 0 Å². The Morgan fingerprint density at radius 3 is 2.26 bits per heavy atom. The van der Waals surface area contributed by atoms with E-state index in [9.17, 15) is 9.59 Å². The van der Waals surface area contributed by atoms with Crippen molar-refractivity contribution in [3.05, 3.63) is 23.8 Å². The fourth-order valence-corrected chi connectivity index (χ4v) is 2.11. The molecule has 1 rings (SSSR count). The van der Waals surface area contributed by atoms with Gasteiger partial charge in [0.1, 0.15) is 11.4 Å². The Bertz CT molecular complexity index is 587. The van der Waals surface area contributed by atoms with Crippen molar-refractivity contribution in [2.24, 2.45) is 0 Å². The second-order valence-corrected chi connectivity index (χ2v) is 7.00. The molecule has 0 spiro atoms. The lowest BCUT2D eigenvalue weighted by atomic mass is 9.81. The van der Waals surface area contributed by atoms with Crippen molar-refractivity contribution in [2.45, 2.75) is 52.1 Å². The number of anilines is 1. The van der Waals surface area contributed by atoms with Crippen molar-refractivity contribution in [1.82, 2.24) is 0 Å². The van der Waals surface area contributed by atoms with Crippen molar-refractivity contribution < 1.29 is 24.2 Å². The first-order valence-electron chi connectivity index (χ1n) is 7.35. The Morgan fingerprint density at radius 1 is 1.17 bits per heavy atom. The Labute approximate surface area is 136 Å². The number of rotatable bonds is 5. The maximum absolute atomic E-state index is 11.9. The van der Waals surface area contributed by atoms with Crippen LogP contribution < -0.4 is 10.1 Å². The predicted octanol–water partition coefficient (Wildman–Crippen LogP) is 3.79. The zero-order valence-corrected chi connectivity index (χ0v) is 14.5. The number of amides is 1. The average Bonchev–Trinajstić information content (AvgIpc) is 2.34. The van der Waals surface area contributed by atoms with Crippen LogP contribution in [-0.2, 0) is 14.9 Å². The summed E-state index contributed by atoms with van der Waals surface area (Å²) in [5.74, 6) is -0.420. The van der Waals surface area contributed by atoms with Gasteiger partial charge in [0.25, 0.3) is 0 Å². The third-order valence-corrected chi connectivity index (χ3v) is 3.21. The topological polar surface area (TPSA) is 84.9 Å². The number of ether oxygens (including phenoxy) is 2. The van der Waals surface area contributed by atoms with Gasteiger partial charge in [0, 0.05) is 5.41 Å². The molecule has 2 N–H and O–H groups in total. The fraction of sp³-hybridized carbons (Fsp3) is 0.529. The molecule has 1 aromatic carbocycles. The summed E-state index contributed by atoms with van der Waals surface area (Å²) in [6.07, 6.45) is -0.581. The minimum Gasteiger partial charge on any atom is -0.495 e. The molecule has 23 heavy (non-hydrogen) atoms. The lowest BCUT2D eigenvalue weighted by Gasteiger charge is -2.25. The number of benzene rings is 1. The van der Waals surface area contributed by atoms with Gasteiger partial charge in [0.05, 0.1) is 19.2 Å². The molecule has 6 heteroatoms. The number of methoxy groups -OCH3 is 1. The summed E-state index contributed by atoms with van der Waals surface area (Å²) in [6, 6.07) is 5.19. The first kappa shape index (κ1) is 18.8. The first-order valence-corrected chi connectivity index (χ1v) is 7.35. The summed E-state index contributed by atoms with van der Waals surface area (Å²) in [4.78, 5) is 22.8. The molecule has 0 saturated heterocycles. The van der Waals surface area contributed by atoms with E-state index in [-0.39, 0.29) is 6.42 Å². The van der Waals surface area contributed by atoms with Gasteiger partial charge in [-0.25, -0.2) is 4.79 Å². The van der Waals surface area contributed by atoms with Gasteiger partial charge in [-0.1, -0.05) is 19.9 Å². The van der Waals surface area contributed by atoms with Gasteiger partial charge >= 0.3 is 12.1 Å². The molecule has 0 radical (unpaired) electrons. The summed E-state index contributed by atoms with van der Waals surface area (Å²) in [5.41, 5.74) is 0.132. The van der Waals surface area contributed by atoms with E-state index in [4.69, 9.17) is 14.6 Å². The van der Waals surface area contributed by atoms with Crippen LogP contribution in [0.1, 0.15) is 46.6 Å². The smallest absolute Gasteiger partial charge is 0.412 e. The molecule has 0 aliphatic carbocycles. The number of carbonyl (C=O) groups is 2. The van der Waals surface area contributed by atoms with Crippen LogP contribution in [0.25, 0.3) is 0 Å². The van der Waals surface area contributed by atoms with Crippen LogP contribution in [0.15, 0.2) is 18.2 Å². The molecule has 0 heterocycles. The summed E-state index contributed by atoms with van der Waals surface area (Å²) in [7, 11) is 1.49. The van der Waals surface area contributed by atoms with Crippen LogP contribution in [0.2, 0.25) is 0 Å². The van der Waals surface area contributed by atoms with Gasteiger partial charge in [-0.3, -0.25) is 10.1 Å². The maximum Gasteiger partial charge on any atom is 0.412 e. The highest BCUT2D eigenvalue weighted by molar-refractivity contribution is 5.87. The number of nitrogens with one attached hydrogen (secondary N) is 1. The molecule has 128 valence electrons. The summed E-state index contributed by atoms with van der Waals surface area (Å²) in [5, 5.41) is 11.6. The molecule has 6 nitrogen and oxygen atoms in total. The van der Waals surface area contributed by atoms with Crippen molar-refractivity contribution in [3.8, 4) is 5.75 Å². The number of hydrogen-bond acceptors (Lipinski definition) is 4. The van der Waals surface area contributed by atoms with Gasteiger partial charge < -0.3 is 14.6 Å². The zero-order valence-electron chi connectivity index (χ0n) is 14.5. The van der Waals surface area contributed by atoms with Gasteiger partial charge in [-0.2, -0.15) is 0 Å². The molecule has 1 aromatic rings. The quantitative estimate of drug-likeness (QED) is 0.861. The number of aliphatic carboxylic acids is 1. The van der Waals surface area contributed by atoms with E-state index in [1.807, 2.05) is 13.8 Å². The van der Waals surface area contributed by atoms with Crippen molar-refractivity contribution in [2.75, 3.05) is 12.4 Å². The fourth-order valence-electron chi connectivity index (χ4n) is 2.11. The van der Waals surface area contributed by atoms with Gasteiger partial charge in [-0.15, -0.1) is 0 Å². The Kier molecular flexibility index (Phi) is 5.64. The minimum absolute atomic E-state index is 0.00496. The number of carboxylic acids is 1. The Morgan fingerprint density at radius 2 is 1.78 bits per heavy atom.